The first-order valence-corrected chi connectivity index (χ1v) is 9.31. The molecule has 6 nitrogen and oxygen atoms in total. The zero-order valence-electron chi connectivity index (χ0n) is 16.2. The second-order valence-corrected chi connectivity index (χ2v) is 6.93. The molecule has 0 fully saturated rings. The third-order valence-corrected chi connectivity index (χ3v) is 5.25. The largest absolute Gasteiger partial charge is 0.497 e. The predicted molar refractivity (Wildman–Crippen MR) is 110 cm³/mol. The van der Waals surface area contributed by atoms with Gasteiger partial charge in [-0.25, -0.2) is 0 Å². The number of pyridine rings is 1. The van der Waals surface area contributed by atoms with Gasteiger partial charge < -0.3 is 15.0 Å². The Kier molecular flexibility index (Phi) is 4.99. The van der Waals surface area contributed by atoms with Crippen LogP contribution in [0.25, 0.3) is 0 Å². The van der Waals surface area contributed by atoms with E-state index in [1.54, 1.807) is 49.7 Å². The summed E-state index contributed by atoms with van der Waals surface area (Å²) in [6, 6.07) is 17.9. The maximum Gasteiger partial charge on any atom is 0.254 e. The Bertz CT molecular complexity index is 1030. The van der Waals surface area contributed by atoms with Crippen molar-refractivity contribution in [1.82, 2.24) is 9.88 Å². The molecular formula is C23H21N3O3. The molecule has 146 valence electrons. The molecule has 0 spiro atoms. The number of carbonyl (C=O) groups excluding carboxylic acids is 2. The van der Waals surface area contributed by atoms with E-state index in [0.29, 0.717) is 11.3 Å². The van der Waals surface area contributed by atoms with E-state index in [2.05, 4.69) is 10.3 Å². The molecular weight excluding hydrogens is 366 g/mol. The second kappa shape index (κ2) is 7.75. The van der Waals surface area contributed by atoms with Gasteiger partial charge in [0.05, 0.1) is 31.0 Å². The Labute approximate surface area is 169 Å². The lowest BCUT2D eigenvalue weighted by atomic mass is 9.79. The number of likely N-dealkylation sites (N-methyl/N-ethyl adjacent to an activating group) is 1. The van der Waals surface area contributed by atoms with Gasteiger partial charge in [0, 0.05) is 18.8 Å². The summed E-state index contributed by atoms with van der Waals surface area (Å²) in [5.74, 6) is -0.143. The average molecular weight is 387 g/mol. The van der Waals surface area contributed by atoms with Crippen molar-refractivity contribution in [3.63, 3.8) is 0 Å². The van der Waals surface area contributed by atoms with E-state index in [-0.39, 0.29) is 11.8 Å². The molecule has 2 atom stereocenters. The lowest BCUT2D eigenvalue weighted by Crippen LogP contribution is -2.44. The molecule has 0 aliphatic carbocycles. The molecule has 1 aliphatic heterocycles. The van der Waals surface area contributed by atoms with Crippen molar-refractivity contribution in [2.75, 3.05) is 19.5 Å². The molecule has 29 heavy (non-hydrogen) atoms. The van der Waals surface area contributed by atoms with Crippen molar-refractivity contribution < 1.29 is 14.3 Å². The summed E-state index contributed by atoms with van der Waals surface area (Å²) >= 11 is 0. The number of nitrogens with one attached hydrogen (secondary N) is 1. The van der Waals surface area contributed by atoms with Crippen molar-refractivity contribution in [3.8, 4) is 5.75 Å². The Morgan fingerprint density at radius 2 is 1.83 bits per heavy atom. The van der Waals surface area contributed by atoms with E-state index in [1.165, 1.54) is 0 Å². The van der Waals surface area contributed by atoms with Crippen LogP contribution in [-0.4, -0.2) is 35.9 Å². The third kappa shape index (κ3) is 3.45. The third-order valence-electron chi connectivity index (χ3n) is 5.25. The summed E-state index contributed by atoms with van der Waals surface area (Å²) in [5, 5.41) is 2.95. The highest BCUT2D eigenvalue weighted by atomic mass is 16.5. The minimum atomic E-state index is -0.567. The molecule has 0 saturated heterocycles. The summed E-state index contributed by atoms with van der Waals surface area (Å²) < 4.78 is 5.25. The molecule has 1 aliphatic rings. The zero-order valence-corrected chi connectivity index (χ0v) is 16.2. The number of fused-ring (bicyclic) bond motifs is 1. The van der Waals surface area contributed by atoms with E-state index in [1.807, 2.05) is 42.5 Å². The van der Waals surface area contributed by atoms with Gasteiger partial charge in [0.15, 0.2) is 0 Å². The minimum Gasteiger partial charge on any atom is -0.497 e. The number of benzene rings is 2. The van der Waals surface area contributed by atoms with Gasteiger partial charge in [0.2, 0.25) is 5.91 Å². The maximum absolute atomic E-state index is 13.4. The van der Waals surface area contributed by atoms with Crippen LogP contribution in [0.4, 0.5) is 5.69 Å². The number of aromatic nitrogens is 1. The van der Waals surface area contributed by atoms with Crippen LogP contribution in [0.15, 0.2) is 73.1 Å². The fraction of sp³-hybridized carbons (Fsp3) is 0.174. The first-order valence-electron chi connectivity index (χ1n) is 9.31. The van der Waals surface area contributed by atoms with Gasteiger partial charge in [0.25, 0.3) is 5.91 Å². The van der Waals surface area contributed by atoms with E-state index in [9.17, 15) is 9.59 Å². The maximum atomic E-state index is 13.4. The normalized spacial score (nSPS) is 18.1. The highest BCUT2D eigenvalue weighted by molar-refractivity contribution is 6.04. The molecule has 1 aromatic heterocycles. The van der Waals surface area contributed by atoms with Crippen LogP contribution in [0.2, 0.25) is 0 Å². The number of hydrogen-bond donors (Lipinski definition) is 1. The van der Waals surface area contributed by atoms with Crippen molar-refractivity contribution in [3.05, 3.63) is 89.7 Å². The topological polar surface area (TPSA) is 71.5 Å². The van der Waals surface area contributed by atoms with Gasteiger partial charge in [-0.05, 0) is 41.5 Å². The van der Waals surface area contributed by atoms with Crippen LogP contribution in [0.1, 0.15) is 33.4 Å². The number of nitrogens with zero attached hydrogens (tertiary/aromatic N) is 2. The van der Waals surface area contributed by atoms with Gasteiger partial charge in [-0.3, -0.25) is 14.6 Å². The molecule has 2 amide bonds. The number of carbonyl (C=O) groups is 2. The standard InChI is InChI=1S/C23H21N3O3/c1-26-21(15-9-11-17(29-2)12-10-15)20(18-7-3-4-8-19(18)23(26)28)22(27)25-16-6-5-13-24-14-16/h3-14,20-21H,1-2H3,(H,25,27)/t20-,21-/m0/s1. The summed E-state index contributed by atoms with van der Waals surface area (Å²) in [7, 11) is 3.34. The van der Waals surface area contributed by atoms with Crippen LogP contribution in [0, 0.1) is 0 Å². The molecule has 1 N–H and O–H groups in total. The average Bonchev–Trinajstić information content (AvgIpc) is 2.77. The van der Waals surface area contributed by atoms with Gasteiger partial charge in [0.1, 0.15) is 5.75 Å². The van der Waals surface area contributed by atoms with Crippen molar-refractivity contribution in [2.24, 2.45) is 0 Å². The zero-order chi connectivity index (χ0) is 20.4. The predicted octanol–water partition coefficient (Wildman–Crippen LogP) is 3.64. The van der Waals surface area contributed by atoms with E-state index >= 15 is 0 Å². The summed E-state index contributed by atoms with van der Waals surface area (Å²) in [5.41, 5.74) is 2.74. The molecule has 3 aromatic rings. The highest BCUT2D eigenvalue weighted by Gasteiger charge is 2.42. The lowest BCUT2D eigenvalue weighted by Gasteiger charge is -2.39. The lowest BCUT2D eigenvalue weighted by molar-refractivity contribution is -0.119. The van der Waals surface area contributed by atoms with E-state index in [4.69, 9.17) is 4.74 Å². The van der Waals surface area contributed by atoms with Gasteiger partial charge in [-0.2, -0.15) is 0 Å². The molecule has 2 aromatic carbocycles. The van der Waals surface area contributed by atoms with Gasteiger partial charge >= 0.3 is 0 Å². The first-order chi connectivity index (χ1) is 14.1. The first kappa shape index (κ1) is 18.7. The molecule has 2 heterocycles. The van der Waals surface area contributed by atoms with Crippen LogP contribution >= 0.6 is 0 Å². The minimum absolute atomic E-state index is 0.105. The number of methoxy groups -OCH3 is 1. The van der Waals surface area contributed by atoms with Gasteiger partial charge in [-0.15, -0.1) is 0 Å². The Balaban J connectivity index is 1.80. The summed E-state index contributed by atoms with van der Waals surface area (Å²) in [6.07, 6.45) is 3.25. The summed E-state index contributed by atoms with van der Waals surface area (Å²) in [6.45, 7) is 0. The molecule has 0 unspecified atom stereocenters. The van der Waals surface area contributed by atoms with Crippen molar-refractivity contribution >= 4 is 17.5 Å². The fourth-order valence-electron chi connectivity index (χ4n) is 3.83. The molecule has 0 saturated carbocycles. The van der Waals surface area contributed by atoms with E-state index in [0.717, 1.165) is 16.9 Å². The van der Waals surface area contributed by atoms with Crippen LogP contribution in [0.5, 0.6) is 5.75 Å². The number of anilines is 1. The Hall–Kier alpha value is -3.67. The second-order valence-electron chi connectivity index (χ2n) is 6.93. The van der Waals surface area contributed by atoms with Crippen molar-refractivity contribution in [2.45, 2.75) is 12.0 Å². The summed E-state index contributed by atoms with van der Waals surface area (Å²) in [4.78, 5) is 32.1. The molecule has 4 rings (SSSR count). The van der Waals surface area contributed by atoms with E-state index < -0.39 is 12.0 Å². The number of amides is 2. The Morgan fingerprint density at radius 3 is 2.52 bits per heavy atom. The SMILES string of the molecule is COc1ccc([C@H]2[C@@H](C(=O)Nc3cccnc3)c3ccccc3C(=O)N2C)cc1. The smallest absolute Gasteiger partial charge is 0.254 e. The molecule has 0 radical (unpaired) electrons. The highest BCUT2D eigenvalue weighted by Crippen LogP contribution is 2.42. The van der Waals surface area contributed by atoms with Crippen molar-refractivity contribution in [1.29, 1.82) is 0 Å². The molecule has 0 bridgehead atoms. The number of hydrogen-bond acceptors (Lipinski definition) is 4. The Morgan fingerprint density at radius 1 is 1.07 bits per heavy atom. The fourth-order valence-corrected chi connectivity index (χ4v) is 3.83. The van der Waals surface area contributed by atoms with Gasteiger partial charge in [-0.1, -0.05) is 30.3 Å². The van der Waals surface area contributed by atoms with Crippen LogP contribution in [0.3, 0.4) is 0 Å². The molecule has 6 heteroatoms. The number of ether oxygens (including phenoxy) is 1. The monoisotopic (exact) mass is 387 g/mol. The number of rotatable bonds is 4. The van der Waals surface area contributed by atoms with Crippen LogP contribution < -0.4 is 10.1 Å². The quantitative estimate of drug-likeness (QED) is 0.742. The van der Waals surface area contributed by atoms with Crippen LogP contribution in [-0.2, 0) is 4.79 Å².